The number of aryl methyl sites for hydroxylation is 3. The van der Waals surface area contributed by atoms with Crippen LogP contribution in [0, 0.1) is 6.92 Å². The van der Waals surface area contributed by atoms with Gasteiger partial charge in [-0.1, -0.05) is 15.9 Å². The number of anilines is 1. The first kappa shape index (κ1) is 18.1. The van der Waals surface area contributed by atoms with Crippen LogP contribution < -0.4 is 16.6 Å². The van der Waals surface area contributed by atoms with E-state index in [9.17, 15) is 14.4 Å². The van der Waals surface area contributed by atoms with Crippen molar-refractivity contribution >= 4 is 38.7 Å². The van der Waals surface area contributed by atoms with E-state index in [0.29, 0.717) is 16.9 Å². The minimum absolute atomic E-state index is 0.171. The lowest BCUT2D eigenvalue weighted by Gasteiger charge is -2.08. The van der Waals surface area contributed by atoms with Crippen molar-refractivity contribution in [2.75, 3.05) is 5.32 Å². The molecule has 0 aliphatic heterocycles. The third kappa shape index (κ3) is 3.22. The van der Waals surface area contributed by atoms with E-state index in [2.05, 4.69) is 26.2 Å². The predicted octanol–water partition coefficient (Wildman–Crippen LogP) is 1.53. The Balaban J connectivity index is 1.80. The normalized spacial score (nSPS) is 11.1. The summed E-state index contributed by atoms with van der Waals surface area (Å²) in [5.41, 5.74) is 1.49. The Morgan fingerprint density at radius 2 is 1.96 bits per heavy atom. The molecule has 26 heavy (non-hydrogen) atoms. The molecule has 0 bridgehead atoms. The number of imidazole rings is 1. The molecule has 2 aromatic heterocycles. The number of nitrogens with one attached hydrogen (secondary N) is 1. The van der Waals surface area contributed by atoms with E-state index in [-0.39, 0.29) is 18.9 Å². The number of halogens is 1. The van der Waals surface area contributed by atoms with Crippen LogP contribution in [0.15, 0.2) is 38.6 Å². The van der Waals surface area contributed by atoms with Gasteiger partial charge in [0, 0.05) is 37.2 Å². The Labute approximate surface area is 157 Å². The molecular formula is C17H18BrN5O3. The van der Waals surface area contributed by atoms with E-state index in [1.54, 1.807) is 11.6 Å². The second kappa shape index (κ2) is 6.91. The van der Waals surface area contributed by atoms with Gasteiger partial charge in [0.25, 0.3) is 5.56 Å². The zero-order valence-electron chi connectivity index (χ0n) is 14.6. The first-order chi connectivity index (χ1) is 12.3. The fourth-order valence-corrected chi connectivity index (χ4v) is 2.98. The molecule has 0 aliphatic carbocycles. The summed E-state index contributed by atoms with van der Waals surface area (Å²) in [6, 6.07) is 5.56. The third-order valence-electron chi connectivity index (χ3n) is 4.24. The molecule has 0 saturated carbocycles. The maximum atomic E-state index is 12.4. The number of rotatable bonds is 4. The average molecular weight is 420 g/mol. The zero-order valence-corrected chi connectivity index (χ0v) is 16.2. The van der Waals surface area contributed by atoms with Crippen molar-refractivity contribution in [3.05, 3.63) is 55.4 Å². The highest BCUT2D eigenvalue weighted by Gasteiger charge is 2.15. The number of aromatic nitrogens is 4. The van der Waals surface area contributed by atoms with Crippen LogP contribution in [-0.2, 0) is 25.4 Å². The van der Waals surface area contributed by atoms with Gasteiger partial charge in [0.1, 0.15) is 0 Å². The Morgan fingerprint density at radius 1 is 1.23 bits per heavy atom. The molecule has 1 amide bonds. The highest BCUT2D eigenvalue weighted by molar-refractivity contribution is 9.10. The highest BCUT2D eigenvalue weighted by Crippen LogP contribution is 2.20. The van der Waals surface area contributed by atoms with Crippen molar-refractivity contribution < 1.29 is 4.79 Å². The van der Waals surface area contributed by atoms with Crippen LogP contribution in [0.2, 0.25) is 0 Å². The third-order valence-corrected chi connectivity index (χ3v) is 5.13. The molecule has 0 aliphatic rings. The van der Waals surface area contributed by atoms with Gasteiger partial charge in [-0.15, -0.1) is 0 Å². The fraction of sp³-hybridized carbons (Fsp3) is 0.294. The summed E-state index contributed by atoms with van der Waals surface area (Å²) in [5, 5.41) is 2.83. The zero-order chi connectivity index (χ0) is 19.0. The van der Waals surface area contributed by atoms with Crippen LogP contribution in [-0.4, -0.2) is 24.6 Å². The van der Waals surface area contributed by atoms with Gasteiger partial charge in [0.2, 0.25) is 5.91 Å². The Kier molecular flexibility index (Phi) is 4.82. The lowest BCUT2D eigenvalue weighted by Crippen LogP contribution is -2.37. The number of fused-ring (bicyclic) bond motifs is 1. The van der Waals surface area contributed by atoms with Gasteiger partial charge in [-0.05, 0) is 30.7 Å². The molecule has 2 heterocycles. The molecule has 0 spiro atoms. The summed E-state index contributed by atoms with van der Waals surface area (Å²) in [6.45, 7) is 2.22. The van der Waals surface area contributed by atoms with E-state index >= 15 is 0 Å². The highest BCUT2D eigenvalue weighted by atomic mass is 79.9. The van der Waals surface area contributed by atoms with Crippen molar-refractivity contribution in [3.63, 3.8) is 0 Å². The number of carbonyl (C=O) groups excluding carboxylic acids is 1. The lowest BCUT2D eigenvalue weighted by atomic mass is 10.2. The van der Waals surface area contributed by atoms with Gasteiger partial charge in [-0.3, -0.25) is 18.7 Å². The van der Waals surface area contributed by atoms with Crippen molar-refractivity contribution in [2.45, 2.75) is 19.9 Å². The summed E-state index contributed by atoms with van der Waals surface area (Å²) in [7, 11) is 2.98. The van der Waals surface area contributed by atoms with E-state index in [1.807, 2.05) is 25.1 Å². The van der Waals surface area contributed by atoms with Gasteiger partial charge in [-0.25, -0.2) is 9.78 Å². The molecule has 0 radical (unpaired) electrons. The second-order valence-corrected chi connectivity index (χ2v) is 6.93. The number of hydrogen-bond donors (Lipinski definition) is 1. The number of benzene rings is 1. The molecule has 0 fully saturated rings. The van der Waals surface area contributed by atoms with Gasteiger partial charge < -0.3 is 9.88 Å². The molecule has 136 valence electrons. The average Bonchev–Trinajstić information content (AvgIpc) is 3.03. The molecule has 1 N–H and O–H groups in total. The maximum Gasteiger partial charge on any atom is 0.332 e. The maximum absolute atomic E-state index is 12.4. The smallest absolute Gasteiger partial charge is 0.326 e. The van der Waals surface area contributed by atoms with Crippen molar-refractivity contribution in [1.29, 1.82) is 0 Å². The number of amides is 1. The van der Waals surface area contributed by atoms with Crippen LogP contribution >= 0.6 is 15.9 Å². The second-order valence-electron chi connectivity index (χ2n) is 6.08. The van der Waals surface area contributed by atoms with Gasteiger partial charge >= 0.3 is 5.69 Å². The van der Waals surface area contributed by atoms with Crippen LogP contribution in [0.4, 0.5) is 5.69 Å². The van der Waals surface area contributed by atoms with Crippen LogP contribution in [0.25, 0.3) is 11.2 Å². The van der Waals surface area contributed by atoms with Crippen LogP contribution in [0.1, 0.15) is 12.0 Å². The molecule has 3 rings (SSSR count). The molecule has 0 atom stereocenters. The lowest BCUT2D eigenvalue weighted by molar-refractivity contribution is -0.116. The monoisotopic (exact) mass is 419 g/mol. The van der Waals surface area contributed by atoms with Gasteiger partial charge in [0.15, 0.2) is 11.2 Å². The van der Waals surface area contributed by atoms with E-state index in [4.69, 9.17) is 0 Å². The first-order valence-electron chi connectivity index (χ1n) is 7.96. The molecule has 3 aromatic rings. The Hall–Kier alpha value is -2.68. The number of carbonyl (C=O) groups is 1. The topological polar surface area (TPSA) is 90.9 Å². The quantitative estimate of drug-likeness (QED) is 0.693. The molecule has 0 saturated heterocycles. The van der Waals surface area contributed by atoms with Crippen LogP contribution in [0.3, 0.4) is 0 Å². The Morgan fingerprint density at radius 3 is 2.65 bits per heavy atom. The van der Waals surface area contributed by atoms with E-state index in [1.165, 1.54) is 17.9 Å². The predicted molar refractivity (Wildman–Crippen MR) is 102 cm³/mol. The van der Waals surface area contributed by atoms with E-state index < -0.39 is 11.2 Å². The first-order valence-corrected chi connectivity index (χ1v) is 8.75. The Bertz CT molecular complexity index is 1130. The van der Waals surface area contributed by atoms with Crippen molar-refractivity contribution in [2.24, 2.45) is 14.1 Å². The van der Waals surface area contributed by atoms with Crippen molar-refractivity contribution in [3.8, 4) is 0 Å². The fourth-order valence-electron chi connectivity index (χ4n) is 2.73. The minimum Gasteiger partial charge on any atom is -0.326 e. The molecule has 8 nitrogen and oxygen atoms in total. The standard InChI is InChI=1S/C17H18BrN5O3/c1-10-8-11(4-5-12(10)18)20-13(24)6-7-23-9-19-15-14(23)16(25)22(3)17(26)21(15)2/h4-5,8-9H,6-7H2,1-3H3,(H,20,24). The summed E-state index contributed by atoms with van der Waals surface area (Å²) < 4.78 is 4.92. The van der Waals surface area contributed by atoms with Gasteiger partial charge in [-0.2, -0.15) is 0 Å². The molecule has 1 aromatic carbocycles. The van der Waals surface area contributed by atoms with E-state index in [0.717, 1.165) is 14.6 Å². The molecular weight excluding hydrogens is 402 g/mol. The van der Waals surface area contributed by atoms with Crippen LogP contribution in [0.5, 0.6) is 0 Å². The summed E-state index contributed by atoms with van der Waals surface area (Å²) in [6.07, 6.45) is 1.65. The SMILES string of the molecule is Cc1cc(NC(=O)CCn2cnc3c2c(=O)n(C)c(=O)n3C)ccc1Br. The van der Waals surface area contributed by atoms with Crippen molar-refractivity contribution in [1.82, 2.24) is 18.7 Å². The summed E-state index contributed by atoms with van der Waals surface area (Å²) in [4.78, 5) is 40.7. The minimum atomic E-state index is -0.434. The number of hydrogen-bond acceptors (Lipinski definition) is 4. The largest absolute Gasteiger partial charge is 0.332 e. The summed E-state index contributed by atoms with van der Waals surface area (Å²) >= 11 is 3.42. The number of nitrogens with zero attached hydrogens (tertiary/aromatic N) is 4. The molecule has 9 heteroatoms. The summed E-state index contributed by atoms with van der Waals surface area (Å²) in [5.74, 6) is -0.171. The molecule has 0 unspecified atom stereocenters. The van der Waals surface area contributed by atoms with Gasteiger partial charge in [0.05, 0.1) is 6.33 Å².